The SMILES string of the molecule is c1ccc2c(c1)-c1ccccc1C21c2ccccc2N(c2cc3c(ccc4sc5ccc6ccccc6c5c43)c(-c3ccc4ccccc4c3)n2)c2ccccc21. The summed E-state index contributed by atoms with van der Waals surface area (Å²) in [5, 5.41) is 9.96. The second-order valence-electron chi connectivity index (χ2n) is 15.4. The van der Waals surface area contributed by atoms with Crippen molar-refractivity contribution in [2.75, 3.05) is 4.90 Å². The normalized spacial score (nSPS) is 13.7. The van der Waals surface area contributed by atoms with E-state index in [0.29, 0.717) is 0 Å². The van der Waals surface area contributed by atoms with E-state index in [-0.39, 0.29) is 0 Å². The molecule has 1 aliphatic carbocycles. The zero-order chi connectivity index (χ0) is 37.2. The topological polar surface area (TPSA) is 16.1 Å². The van der Waals surface area contributed by atoms with E-state index in [0.717, 1.165) is 33.8 Å². The first-order chi connectivity index (χ1) is 28.3. The monoisotopic (exact) mass is 740 g/mol. The fourth-order valence-electron chi connectivity index (χ4n) is 10.3. The Morgan fingerprint density at radius 2 is 0.947 bits per heavy atom. The lowest BCUT2D eigenvalue weighted by molar-refractivity contribution is 0.751. The van der Waals surface area contributed by atoms with Crippen molar-refractivity contribution in [3.63, 3.8) is 0 Å². The van der Waals surface area contributed by atoms with Crippen molar-refractivity contribution in [3.05, 3.63) is 216 Å². The van der Waals surface area contributed by atoms with Gasteiger partial charge in [-0.15, -0.1) is 11.3 Å². The molecule has 0 fully saturated rings. The van der Waals surface area contributed by atoms with Gasteiger partial charge >= 0.3 is 0 Å². The number of rotatable bonds is 2. The lowest BCUT2D eigenvalue weighted by Gasteiger charge is -2.44. The van der Waals surface area contributed by atoms with Crippen molar-refractivity contribution in [1.82, 2.24) is 4.98 Å². The third-order valence-corrected chi connectivity index (χ3v) is 13.7. The van der Waals surface area contributed by atoms with Gasteiger partial charge in [-0.2, -0.15) is 0 Å². The number of fused-ring (bicyclic) bond motifs is 17. The number of para-hydroxylation sites is 2. The molecule has 1 spiro atoms. The van der Waals surface area contributed by atoms with Crippen molar-refractivity contribution in [3.8, 4) is 22.4 Å². The fourth-order valence-corrected chi connectivity index (χ4v) is 11.5. The lowest BCUT2D eigenvalue weighted by Crippen LogP contribution is -2.36. The Labute approximate surface area is 333 Å². The van der Waals surface area contributed by atoms with Gasteiger partial charge in [0.1, 0.15) is 5.82 Å². The molecule has 0 atom stereocenters. The molecule has 0 bridgehead atoms. The molecule has 2 aromatic heterocycles. The molecule has 57 heavy (non-hydrogen) atoms. The van der Waals surface area contributed by atoms with Crippen LogP contribution in [0.5, 0.6) is 0 Å². The number of hydrogen-bond donors (Lipinski definition) is 0. The molecule has 0 N–H and O–H groups in total. The highest BCUT2D eigenvalue weighted by Crippen LogP contribution is 2.63. The number of thiophene rings is 1. The maximum atomic E-state index is 5.77. The van der Waals surface area contributed by atoms with Crippen molar-refractivity contribution in [2.45, 2.75) is 5.41 Å². The van der Waals surface area contributed by atoms with Gasteiger partial charge in [-0.3, -0.25) is 4.90 Å². The lowest BCUT2D eigenvalue weighted by atomic mass is 9.65. The van der Waals surface area contributed by atoms with Gasteiger partial charge in [-0.05, 0) is 96.7 Å². The average Bonchev–Trinajstić information content (AvgIpc) is 3.81. The van der Waals surface area contributed by atoms with Crippen LogP contribution in [0.4, 0.5) is 17.2 Å². The molecule has 3 heteroatoms. The van der Waals surface area contributed by atoms with Crippen LogP contribution in [0.3, 0.4) is 0 Å². The van der Waals surface area contributed by atoms with E-state index in [1.165, 1.54) is 80.5 Å². The summed E-state index contributed by atoms with van der Waals surface area (Å²) in [4.78, 5) is 8.21. The van der Waals surface area contributed by atoms with Gasteiger partial charge in [0, 0.05) is 31.1 Å². The first-order valence-electron chi connectivity index (χ1n) is 19.6. The van der Waals surface area contributed by atoms with Gasteiger partial charge in [0.05, 0.1) is 22.5 Å². The van der Waals surface area contributed by atoms with E-state index in [4.69, 9.17) is 4.98 Å². The van der Waals surface area contributed by atoms with Crippen molar-refractivity contribution < 1.29 is 0 Å². The molecule has 0 saturated heterocycles. The van der Waals surface area contributed by atoms with E-state index in [9.17, 15) is 0 Å². The van der Waals surface area contributed by atoms with Crippen molar-refractivity contribution in [1.29, 1.82) is 0 Å². The summed E-state index contributed by atoms with van der Waals surface area (Å²) < 4.78 is 2.59. The van der Waals surface area contributed by atoms with Crippen molar-refractivity contribution in [2.24, 2.45) is 0 Å². The molecule has 0 radical (unpaired) electrons. The van der Waals surface area contributed by atoms with Crippen LogP contribution in [-0.2, 0) is 5.41 Å². The largest absolute Gasteiger partial charge is 0.294 e. The highest BCUT2D eigenvalue weighted by Gasteiger charge is 2.51. The van der Waals surface area contributed by atoms with Crippen LogP contribution in [-0.4, -0.2) is 4.98 Å². The number of anilines is 3. The third kappa shape index (κ3) is 4.11. The Balaban J connectivity index is 1.17. The van der Waals surface area contributed by atoms with Crippen LogP contribution in [0.1, 0.15) is 22.3 Å². The first-order valence-corrected chi connectivity index (χ1v) is 20.4. The summed E-state index contributed by atoms with van der Waals surface area (Å²) in [6.07, 6.45) is 0. The van der Waals surface area contributed by atoms with Crippen molar-refractivity contribution >= 4 is 81.0 Å². The Bertz CT molecular complexity index is 3410. The summed E-state index contributed by atoms with van der Waals surface area (Å²) in [6.45, 7) is 0. The summed E-state index contributed by atoms with van der Waals surface area (Å²) in [5.74, 6) is 0.909. The van der Waals surface area contributed by atoms with Gasteiger partial charge in [0.2, 0.25) is 0 Å². The Morgan fingerprint density at radius 1 is 0.404 bits per heavy atom. The van der Waals surface area contributed by atoms with Gasteiger partial charge < -0.3 is 0 Å². The second-order valence-corrected chi connectivity index (χ2v) is 16.5. The van der Waals surface area contributed by atoms with Crippen LogP contribution in [0.2, 0.25) is 0 Å². The summed E-state index contributed by atoms with van der Waals surface area (Å²) in [7, 11) is 0. The summed E-state index contributed by atoms with van der Waals surface area (Å²) in [6, 6.07) is 71.9. The molecule has 13 rings (SSSR count). The maximum absolute atomic E-state index is 5.77. The van der Waals surface area contributed by atoms with Crippen LogP contribution in [0.25, 0.3) is 74.9 Å². The number of aromatic nitrogens is 1. The van der Waals surface area contributed by atoms with E-state index >= 15 is 0 Å². The Morgan fingerprint density at radius 3 is 1.67 bits per heavy atom. The van der Waals surface area contributed by atoms with Gasteiger partial charge in [-0.25, -0.2) is 4.98 Å². The predicted molar refractivity (Wildman–Crippen MR) is 241 cm³/mol. The molecular weight excluding hydrogens is 709 g/mol. The summed E-state index contributed by atoms with van der Waals surface area (Å²) in [5.41, 5.74) is 11.7. The highest BCUT2D eigenvalue weighted by atomic mass is 32.1. The molecular formula is C54H32N2S. The Hall–Kier alpha value is -7.07. The fraction of sp³-hybridized carbons (Fsp3) is 0.0185. The van der Waals surface area contributed by atoms with Crippen LogP contribution < -0.4 is 4.90 Å². The maximum Gasteiger partial charge on any atom is 0.138 e. The molecule has 11 aromatic rings. The van der Waals surface area contributed by atoms with Gasteiger partial charge in [0.25, 0.3) is 0 Å². The zero-order valence-corrected chi connectivity index (χ0v) is 31.6. The molecule has 3 heterocycles. The molecule has 2 aliphatic rings. The van der Waals surface area contributed by atoms with Gasteiger partial charge in [0.15, 0.2) is 0 Å². The van der Waals surface area contributed by atoms with Crippen LogP contribution in [0, 0.1) is 0 Å². The number of hydrogen-bond acceptors (Lipinski definition) is 3. The standard InChI is InChI=1S/C54H32N2S/c1-2-15-35-31-36(26-25-33(35)13-1)53-40-28-30-49-52(51-37-16-4-3-14-34(37)27-29-48(51)57-49)41(40)32-50(55-53)56-46-23-11-9-21-44(46)54(45-22-10-12-24-47(45)56)42-19-7-5-17-38(42)39-18-6-8-20-43(39)54/h1-32H. The first kappa shape index (κ1) is 31.2. The number of nitrogens with zero attached hydrogens (tertiary/aromatic N) is 2. The quantitative estimate of drug-likeness (QED) is 0.175. The predicted octanol–water partition coefficient (Wildman–Crippen LogP) is 14.7. The number of pyridine rings is 1. The minimum atomic E-state index is -0.482. The molecule has 9 aromatic carbocycles. The Kier molecular flexibility index (Phi) is 6.28. The van der Waals surface area contributed by atoms with Crippen LogP contribution >= 0.6 is 11.3 Å². The second kappa shape index (κ2) is 11.5. The highest BCUT2D eigenvalue weighted by molar-refractivity contribution is 7.26. The van der Waals surface area contributed by atoms with E-state index in [2.05, 4.69) is 199 Å². The smallest absolute Gasteiger partial charge is 0.138 e. The minimum Gasteiger partial charge on any atom is -0.294 e. The molecule has 0 amide bonds. The molecule has 0 unspecified atom stereocenters. The number of benzene rings is 9. The van der Waals surface area contributed by atoms with Crippen LogP contribution in [0.15, 0.2) is 194 Å². The van der Waals surface area contributed by atoms with Gasteiger partial charge in [-0.1, -0.05) is 158 Å². The average molecular weight is 741 g/mol. The van der Waals surface area contributed by atoms with E-state index < -0.39 is 5.41 Å². The van der Waals surface area contributed by atoms with E-state index in [1.807, 2.05) is 11.3 Å². The van der Waals surface area contributed by atoms with E-state index in [1.54, 1.807) is 0 Å². The zero-order valence-electron chi connectivity index (χ0n) is 30.8. The molecule has 0 saturated carbocycles. The minimum absolute atomic E-state index is 0.482. The third-order valence-electron chi connectivity index (χ3n) is 12.6. The summed E-state index contributed by atoms with van der Waals surface area (Å²) >= 11 is 1.88. The molecule has 2 nitrogen and oxygen atoms in total. The molecule has 1 aliphatic heterocycles. The molecule has 264 valence electrons.